The Morgan fingerprint density at radius 1 is 1.32 bits per heavy atom. The molecule has 5 nitrogen and oxygen atoms in total. The molecular formula is C13H21ClN4O. The molecule has 0 aliphatic carbocycles. The number of aromatic nitrogens is 2. The normalized spacial score (nSPS) is 10.7. The molecule has 0 bridgehead atoms. The van der Waals surface area contributed by atoms with E-state index in [1.807, 2.05) is 39.5 Å². The summed E-state index contributed by atoms with van der Waals surface area (Å²) in [6.07, 6.45) is 0. The summed E-state index contributed by atoms with van der Waals surface area (Å²) in [5.74, 6) is 0.689. The van der Waals surface area contributed by atoms with Gasteiger partial charge in [0, 0.05) is 12.6 Å². The smallest absolute Gasteiger partial charge is 0.239 e. The summed E-state index contributed by atoms with van der Waals surface area (Å²) in [5, 5.41) is 11.3. The number of carbonyl (C=O) groups excluding carboxylic acids is 1. The molecule has 0 radical (unpaired) electrons. The Bertz CT molecular complexity index is 462. The minimum atomic E-state index is -0.0225. The number of likely N-dealkylation sites (N-methyl/N-ethyl adjacent to an activating group) is 1. The molecule has 1 heterocycles. The van der Waals surface area contributed by atoms with Crippen LogP contribution in [0, 0.1) is 13.8 Å². The molecule has 0 unspecified atom stereocenters. The standard InChI is InChI=1S/C13H21ClN4O/c1-6-18(7-11(19)15-8(2)3)13-10(5)9(4)12(14)16-17-13/h8H,6-7H2,1-5H3,(H,15,19). The van der Waals surface area contributed by atoms with Gasteiger partial charge in [-0.05, 0) is 45.7 Å². The van der Waals surface area contributed by atoms with Crippen molar-refractivity contribution in [2.75, 3.05) is 18.0 Å². The first-order chi connectivity index (χ1) is 8.86. The van der Waals surface area contributed by atoms with Gasteiger partial charge in [0.1, 0.15) is 0 Å². The van der Waals surface area contributed by atoms with E-state index in [1.54, 1.807) is 0 Å². The van der Waals surface area contributed by atoms with Crippen LogP contribution < -0.4 is 10.2 Å². The average Bonchev–Trinajstić information content (AvgIpc) is 2.33. The number of hydrogen-bond acceptors (Lipinski definition) is 4. The van der Waals surface area contributed by atoms with Gasteiger partial charge in [-0.15, -0.1) is 10.2 Å². The first kappa shape index (κ1) is 15.7. The van der Waals surface area contributed by atoms with E-state index in [0.717, 1.165) is 11.1 Å². The van der Waals surface area contributed by atoms with Crippen molar-refractivity contribution in [2.24, 2.45) is 0 Å². The Kier molecular flexibility index (Phi) is 5.54. The number of amides is 1. The van der Waals surface area contributed by atoms with E-state index in [1.165, 1.54) is 0 Å². The van der Waals surface area contributed by atoms with Gasteiger partial charge in [0.15, 0.2) is 11.0 Å². The Morgan fingerprint density at radius 2 is 1.95 bits per heavy atom. The molecule has 0 fully saturated rings. The van der Waals surface area contributed by atoms with Crippen molar-refractivity contribution in [1.82, 2.24) is 15.5 Å². The van der Waals surface area contributed by atoms with E-state index in [-0.39, 0.29) is 18.5 Å². The summed E-state index contributed by atoms with van der Waals surface area (Å²) >= 11 is 5.94. The Hall–Kier alpha value is -1.36. The molecular weight excluding hydrogens is 264 g/mol. The Balaban J connectivity index is 2.92. The molecule has 0 saturated carbocycles. The fraction of sp³-hybridized carbons (Fsp3) is 0.615. The van der Waals surface area contributed by atoms with Crippen LogP contribution in [-0.4, -0.2) is 35.2 Å². The van der Waals surface area contributed by atoms with Gasteiger partial charge < -0.3 is 10.2 Å². The fourth-order valence-electron chi connectivity index (χ4n) is 1.74. The van der Waals surface area contributed by atoms with E-state index in [9.17, 15) is 4.79 Å². The third-order valence-corrected chi connectivity index (χ3v) is 3.26. The molecule has 1 N–H and O–H groups in total. The number of nitrogens with one attached hydrogen (secondary N) is 1. The number of halogens is 1. The third kappa shape index (κ3) is 4.06. The number of carbonyl (C=O) groups is 1. The second-order valence-corrected chi connectivity index (χ2v) is 5.16. The maximum Gasteiger partial charge on any atom is 0.239 e. The minimum Gasteiger partial charge on any atom is -0.352 e. The first-order valence-corrected chi connectivity index (χ1v) is 6.78. The highest BCUT2D eigenvalue weighted by Gasteiger charge is 2.16. The van der Waals surface area contributed by atoms with Crippen LogP contribution in [0.25, 0.3) is 0 Å². The van der Waals surface area contributed by atoms with Crippen molar-refractivity contribution in [3.8, 4) is 0 Å². The third-order valence-electron chi connectivity index (χ3n) is 2.91. The van der Waals surface area contributed by atoms with Crippen LogP contribution in [0.5, 0.6) is 0 Å². The number of hydrogen-bond donors (Lipinski definition) is 1. The summed E-state index contributed by atoms with van der Waals surface area (Å²) in [6, 6.07) is 0.130. The van der Waals surface area contributed by atoms with Crippen LogP contribution in [0.1, 0.15) is 31.9 Å². The van der Waals surface area contributed by atoms with Gasteiger partial charge in [0.25, 0.3) is 0 Å². The zero-order valence-corrected chi connectivity index (χ0v) is 12.9. The van der Waals surface area contributed by atoms with E-state index in [4.69, 9.17) is 11.6 Å². The van der Waals surface area contributed by atoms with Gasteiger partial charge in [-0.25, -0.2) is 0 Å². The lowest BCUT2D eigenvalue weighted by atomic mass is 10.2. The Labute approximate surface area is 119 Å². The second kappa shape index (κ2) is 6.70. The predicted molar refractivity (Wildman–Crippen MR) is 77.7 cm³/mol. The zero-order chi connectivity index (χ0) is 14.6. The van der Waals surface area contributed by atoms with Crippen molar-refractivity contribution in [3.05, 3.63) is 16.3 Å². The lowest BCUT2D eigenvalue weighted by Gasteiger charge is -2.23. The van der Waals surface area contributed by atoms with Gasteiger partial charge in [0.2, 0.25) is 5.91 Å². The van der Waals surface area contributed by atoms with Crippen molar-refractivity contribution in [1.29, 1.82) is 0 Å². The Morgan fingerprint density at radius 3 is 2.47 bits per heavy atom. The predicted octanol–water partition coefficient (Wildman–Crippen LogP) is 2.10. The van der Waals surface area contributed by atoms with E-state index in [0.29, 0.717) is 17.5 Å². The van der Waals surface area contributed by atoms with Crippen LogP contribution in [-0.2, 0) is 4.79 Å². The molecule has 6 heteroatoms. The lowest BCUT2D eigenvalue weighted by Crippen LogP contribution is -2.40. The SMILES string of the molecule is CCN(CC(=O)NC(C)C)c1nnc(Cl)c(C)c1C. The van der Waals surface area contributed by atoms with Crippen molar-refractivity contribution in [3.63, 3.8) is 0 Å². The highest BCUT2D eigenvalue weighted by molar-refractivity contribution is 6.30. The van der Waals surface area contributed by atoms with E-state index < -0.39 is 0 Å². The number of anilines is 1. The zero-order valence-electron chi connectivity index (χ0n) is 12.1. The summed E-state index contributed by atoms with van der Waals surface area (Å²) < 4.78 is 0. The number of nitrogens with zero attached hydrogens (tertiary/aromatic N) is 3. The maximum absolute atomic E-state index is 11.8. The van der Waals surface area contributed by atoms with Crippen molar-refractivity contribution < 1.29 is 4.79 Å². The average molecular weight is 285 g/mol. The maximum atomic E-state index is 11.8. The largest absolute Gasteiger partial charge is 0.352 e. The van der Waals surface area contributed by atoms with Crippen LogP contribution in [0.4, 0.5) is 5.82 Å². The molecule has 1 amide bonds. The van der Waals surface area contributed by atoms with E-state index >= 15 is 0 Å². The summed E-state index contributed by atoms with van der Waals surface area (Å²) in [7, 11) is 0. The molecule has 0 aromatic carbocycles. The fourth-order valence-corrected chi connectivity index (χ4v) is 1.92. The molecule has 1 rings (SSSR count). The quantitative estimate of drug-likeness (QED) is 0.900. The molecule has 0 saturated heterocycles. The molecule has 19 heavy (non-hydrogen) atoms. The van der Waals surface area contributed by atoms with Gasteiger partial charge in [-0.3, -0.25) is 4.79 Å². The van der Waals surface area contributed by atoms with Crippen molar-refractivity contribution >= 4 is 23.3 Å². The van der Waals surface area contributed by atoms with Crippen LogP contribution in [0.3, 0.4) is 0 Å². The molecule has 0 atom stereocenters. The second-order valence-electron chi connectivity index (χ2n) is 4.80. The van der Waals surface area contributed by atoms with Crippen LogP contribution in [0.15, 0.2) is 0 Å². The topological polar surface area (TPSA) is 58.1 Å². The molecule has 0 spiro atoms. The molecule has 1 aromatic rings. The summed E-state index contributed by atoms with van der Waals surface area (Å²) in [4.78, 5) is 13.7. The highest BCUT2D eigenvalue weighted by Crippen LogP contribution is 2.23. The minimum absolute atomic E-state index is 0.0225. The van der Waals surface area contributed by atoms with Crippen LogP contribution in [0.2, 0.25) is 5.15 Å². The summed E-state index contributed by atoms with van der Waals surface area (Å²) in [5.41, 5.74) is 1.86. The van der Waals surface area contributed by atoms with Gasteiger partial charge in [0.05, 0.1) is 6.54 Å². The molecule has 106 valence electrons. The summed E-state index contributed by atoms with van der Waals surface area (Å²) in [6.45, 7) is 10.6. The first-order valence-electron chi connectivity index (χ1n) is 6.40. The van der Waals surface area contributed by atoms with Crippen LogP contribution >= 0.6 is 11.6 Å². The molecule has 0 aliphatic rings. The number of rotatable bonds is 5. The highest BCUT2D eigenvalue weighted by atomic mass is 35.5. The monoisotopic (exact) mass is 284 g/mol. The van der Waals surface area contributed by atoms with E-state index in [2.05, 4.69) is 15.5 Å². The van der Waals surface area contributed by atoms with Gasteiger partial charge >= 0.3 is 0 Å². The molecule has 1 aromatic heterocycles. The molecule has 0 aliphatic heterocycles. The lowest BCUT2D eigenvalue weighted by molar-refractivity contribution is -0.120. The van der Waals surface area contributed by atoms with Gasteiger partial charge in [-0.2, -0.15) is 0 Å². The van der Waals surface area contributed by atoms with Gasteiger partial charge in [-0.1, -0.05) is 11.6 Å². The van der Waals surface area contributed by atoms with Crippen molar-refractivity contribution in [2.45, 2.75) is 40.7 Å².